The summed E-state index contributed by atoms with van der Waals surface area (Å²) in [6.45, 7) is 4.98. The van der Waals surface area contributed by atoms with Gasteiger partial charge in [-0.25, -0.2) is 4.98 Å². The van der Waals surface area contributed by atoms with Crippen LogP contribution in [-0.4, -0.2) is 44.0 Å². The first kappa shape index (κ1) is 23.2. The second kappa shape index (κ2) is 9.62. The highest BCUT2D eigenvalue weighted by atomic mass is 16.1. The number of pyridine rings is 1. The van der Waals surface area contributed by atoms with E-state index in [9.17, 15) is 14.9 Å². The molecule has 1 saturated heterocycles. The molecule has 0 unspecified atom stereocenters. The van der Waals surface area contributed by atoms with Crippen LogP contribution >= 0.6 is 0 Å². The van der Waals surface area contributed by atoms with Gasteiger partial charge >= 0.3 is 0 Å². The average molecular weight is 480 g/mol. The molecular formula is C27H25N7O2. The first-order valence-corrected chi connectivity index (χ1v) is 11.8. The summed E-state index contributed by atoms with van der Waals surface area (Å²) in [7, 11) is 0. The molecule has 2 N–H and O–H groups in total. The van der Waals surface area contributed by atoms with Crippen LogP contribution < -0.4 is 16.2 Å². The normalized spacial score (nSPS) is 15.6. The number of anilines is 1. The minimum absolute atomic E-state index is 0.0258. The summed E-state index contributed by atoms with van der Waals surface area (Å²) in [5.74, 6) is 0.306. The molecule has 36 heavy (non-hydrogen) atoms. The van der Waals surface area contributed by atoms with Crippen molar-refractivity contribution in [2.45, 2.75) is 32.0 Å². The number of aromatic nitrogens is 4. The van der Waals surface area contributed by atoms with Gasteiger partial charge in [0.05, 0.1) is 19.4 Å². The quantitative estimate of drug-likeness (QED) is 0.333. The summed E-state index contributed by atoms with van der Waals surface area (Å²) in [6, 6.07) is 11.5. The fourth-order valence-electron chi connectivity index (χ4n) is 4.90. The predicted octanol–water partition coefficient (Wildman–Crippen LogP) is 2.77. The molecule has 0 bridgehead atoms. The van der Waals surface area contributed by atoms with Crippen molar-refractivity contribution in [3.05, 3.63) is 82.9 Å². The zero-order chi connectivity index (χ0) is 25.2. The molecule has 0 amide bonds. The zero-order valence-corrected chi connectivity index (χ0v) is 19.7. The van der Waals surface area contributed by atoms with Gasteiger partial charge < -0.3 is 15.2 Å². The van der Waals surface area contributed by atoms with Crippen molar-refractivity contribution in [2.75, 3.05) is 18.0 Å². The van der Waals surface area contributed by atoms with E-state index in [1.165, 1.54) is 10.9 Å². The van der Waals surface area contributed by atoms with Gasteiger partial charge in [0.2, 0.25) is 5.78 Å². The summed E-state index contributed by atoms with van der Waals surface area (Å²) in [6.07, 6.45) is 6.39. The third-order valence-electron chi connectivity index (χ3n) is 6.54. The molecular weight excluding hydrogens is 454 g/mol. The molecule has 3 aromatic heterocycles. The summed E-state index contributed by atoms with van der Waals surface area (Å²) in [4.78, 5) is 37.7. The number of allylic oxidation sites excluding steroid dienone is 1. The van der Waals surface area contributed by atoms with Crippen LogP contribution in [0.1, 0.15) is 28.9 Å². The molecule has 1 fully saturated rings. The van der Waals surface area contributed by atoms with Crippen molar-refractivity contribution in [3.8, 4) is 6.07 Å². The monoisotopic (exact) mass is 479 g/mol. The lowest BCUT2D eigenvalue weighted by molar-refractivity contribution is 0.0967. The highest BCUT2D eigenvalue weighted by Gasteiger charge is 2.28. The fourth-order valence-corrected chi connectivity index (χ4v) is 4.90. The lowest BCUT2D eigenvalue weighted by Crippen LogP contribution is -2.44. The van der Waals surface area contributed by atoms with Crippen LogP contribution in [0.25, 0.3) is 21.8 Å². The number of hydrogen-bond acceptors (Lipinski definition) is 7. The van der Waals surface area contributed by atoms with Crippen LogP contribution in [0.15, 0.2) is 66.0 Å². The van der Waals surface area contributed by atoms with Crippen LogP contribution in [0, 0.1) is 11.3 Å². The van der Waals surface area contributed by atoms with E-state index in [1.807, 2.05) is 35.2 Å². The third kappa shape index (κ3) is 3.99. The van der Waals surface area contributed by atoms with E-state index >= 15 is 0 Å². The topological polar surface area (TPSA) is 123 Å². The van der Waals surface area contributed by atoms with Crippen molar-refractivity contribution in [1.29, 1.82) is 5.26 Å². The lowest BCUT2D eigenvalue weighted by Gasteiger charge is -2.33. The molecule has 180 valence electrons. The van der Waals surface area contributed by atoms with Crippen LogP contribution in [0.3, 0.4) is 0 Å². The smallest absolute Gasteiger partial charge is 0.278 e. The number of rotatable bonds is 6. The first-order valence-electron chi connectivity index (χ1n) is 11.8. The second-order valence-corrected chi connectivity index (χ2v) is 8.86. The summed E-state index contributed by atoms with van der Waals surface area (Å²) < 4.78 is 3.03. The SMILES string of the molecule is C=C=CCn1c(N2CCC[C@H](N)C2)c(C#N)c2ncn(CC(=O)c3nccc4ccccc34)c(=O)c21. The van der Waals surface area contributed by atoms with E-state index in [4.69, 9.17) is 5.73 Å². The fraction of sp³-hybridized carbons (Fsp3) is 0.259. The maximum atomic E-state index is 13.7. The van der Waals surface area contributed by atoms with Gasteiger partial charge in [-0.1, -0.05) is 30.8 Å². The number of carbonyl (C=O) groups excluding carboxylic acids is 1. The van der Waals surface area contributed by atoms with E-state index in [0.717, 1.165) is 30.2 Å². The number of benzene rings is 1. The number of Topliss-reactive ketones (excluding diaryl/α,β-unsaturated/α-hetero) is 1. The number of piperidine rings is 1. The summed E-state index contributed by atoms with van der Waals surface area (Å²) in [5, 5.41) is 11.7. The van der Waals surface area contributed by atoms with Crippen LogP contribution in [0.5, 0.6) is 0 Å². The standard InChI is InChI=1S/C27H25N7O2/c1-2-3-13-34-25-24(21(14-28)26(34)32-12-6-8-19(29)15-32)31-17-33(27(25)36)16-22(35)23-20-9-5-4-7-18(20)10-11-30-23/h3-5,7,9-11,17,19H,1,6,8,12-13,15-16,29H2/t19-/m0/s1. The molecule has 0 aliphatic carbocycles. The number of nitrogens with zero attached hydrogens (tertiary/aromatic N) is 6. The highest BCUT2D eigenvalue weighted by molar-refractivity contribution is 6.06. The molecule has 1 aliphatic heterocycles. The molecule has 1 aliphatic rings. The van der Waals surface area contributed by atoms with Crippen molar-refractivity contribution < 1.29 is 4.79 Å². The van der Waals surface area contributed by atoms with Crippen molar-refractivity contribution >= 4 is 33.4 Å². The summed E-state index contributed by atoms with van der Waals surface area (Å²) in [5.41, 5.74) is 9.73. The molecule has 0 radical (unpaired) electrons. The maximum absolute atomic E-state index is 13.7. The van der Waals surface area contributed by atoms with E-state index in [2.05, 4.69) is 28.3 Å². The third-order valence-corrected chi connectivity index (χ3v) is 6.54. The first-order chi connectivity index (χ1) is 17.5. The lowest BCUT2D eigenvalue weighted by atomic mass is 10.1. The van der Waals surface area contributed by atoms with Crippen molar-refractivity contribution in [3.63, 3.8) is 0 Å². The molecule has 1 aromatic carbocycles. The molecule has 9 nitrogen and oxygen atoms in total. The van der Waals surface area contributed by atoms with Gasteiger partial charge in [-0.15, -0.1) is 5.73 Å². The number of nitriles is 1. The second-order valence-electron chi connectivity index (χ2n) is 8.86. The van der Waals surface area contributed by atoms with Crippen molar-refractivity contribution in [2.24, 2.45) is 5.73 Å². The Hall–Kier alpha value is -4.51. The van der Waals surface area contributed by atoms with E-state index in [1.54, 1.807) is 16.8 Å². The Balaban J connectivity index is 1.63. The Morgan fingerprint density at radius 1 is 1.28 bits per heavy atom. The maximum Gasteiger partial charge on any atom is 0.278 e. The number of fused-ring (bicyclic) bond motifs is 2. The Morgan fingerprint density at radius 3 is 2.89 bits per heavy atom. The predicted molar refractivity (Wildman–Crippen MR) is 138 cm³/mol. The molecule has 0 saturated carbocycles. The van der Waals surface area contributed by atoms with Gasteiger partial charge in [0.15, 0.2) is 0 Å². The largest absolute Gasteiger partial charge is 0.355 e. The van der Waals surface area contributed by atoms with E-state index < -0.39 is 5.56 Å². The molecule has 1 atom stereocenters. The van der Waals surface area contributed by atoms with E-state index in [-0.39, 0.29) is 30.4 Å². The van der Waals surface area contributed by atoms with Gasteiger partial charge in [-0.3, -0.25) is 19.1 Å². The van der Waals surface area contributed by atoms with Crippen molar-refractivity contribution in [1.82, 2.24) is 19.1 Å². The van der Waals surface area contributed by atoms with Crippen LogP contribution in [0.2, 0.25) is 0 Å². The Kier molecular flexibility index (Phi) is 6.21. The van der Waals surface area contributed by atoms with Gasteiger partial charge in [-0.05, 0) is 30.4 Å². The number of carbonyl (C=O) groups is 1. The zero-order valence-electron chi connectivity index (χ0n) is 19.7. The van der Waals surface area contributed by atoms with Crippen LogP contribution in [0.4, 0.5) is 5.82 Å². The average Bonchev–Trinajstić information content (AvgIpc) is 3.22. The Morgan fingerprint density at radius 2 is 2.11 bits per heavy atom. The number of ketones is 1. The Labute approximate surface area is 207 Å². The highest BCUT2D eigenvalue weighted by Crippen LogP contribution is 2.31. The van der Waals surface area contributed by atoms with Gasteiger partial charge in [0.25, 0.3) is 5.56 Å². The number of nitrogens with two attached hydrogens (primary N) is 1. The molecule has 5 rings (SSSR count). The van der Waals surface area contributed by atoms with Crippen LogP contribution in [-0.2, 0) is 13.1 Å². The Bertz CT molecular complexity index is 1630. The molecule has 4 aromatic rings. The molecule has 9 heteroatoms. The van der Waals surface area contributed by atoms with E-state index in [0.29, 0.717) is 29.1 Å². The molecule has 4 heterocycles. The minimum Gasteiger partial charge on any atom is -0.355 e. The number of hydrogen-bond donors (Lipinski definition) is 1. The summed E-state index contributed by atoms with van der Waals surface area (Å²) >= 11 is 0. The minimum atomic E-state index is -0.407. The molecule has 0 spiro atoms. The van der Waals surface area contributed by atoms with Gasteiger partial charge in [-0.2, -0.15) is 5.26 Å². The van der Waals surface area contributed by atoms with Gasteiger partial charge in [0, 0.05) is 30.7 Å². The van der Waals surface area contributed by atoms with Gasteiger partial charge in [0.1, 0.15) is 34.2 Å².